The normalized spacial score (nSPS) is 20.9. The van der Waals surface area contributed by atoms with E-state index in [1.54, 1.807) is 48.5 Å². The third-order valence-corrected chi connectivity index (χ3v) is 8.78. The molecular formula is C32H41N4O11P. The molecule has 16 heteroatoms. The number of carbonyl (C=O) groups excluding carboxylic acids is 2. The lowest BCUT2D eigenvalue weighted by Gasteiger charge is -2.26. The van der Waals surface area contributed by atoms with Crippen molar-refractivity contribution >= 4 is 25.4 Å². The maximum atomic E-state index is 14.3. The number of imidazole rings is 1. The predicted octanol–water partition coefficient (Wildman–Crippen LogP) is 3.02. The quantitative estimate of drug-likeness (QED) is 0.102. The van der Waals surface area contributed by atoms with Crippen molar-refractivity contribution in [1.82, 2.24) is 14.6 Å². The lowest BCUT2D eigenvalue weighted by molar-refractivity contribution is -0.153. The number of ether oxygens (including phenoxy) is 3. The van der Waals surface area contributed by atoms with Crippen molar-refractivity contribution in [3.05, 3.63) is 84.8 Å². The first kappa shape index (κ1) is 36.6. The number of rotatable bonds is 17. The molecule has 15 nitrogen and oxygen atoms in total. The summed E-state index contributed by atoms with van der Waals surface area (Å²) in [4.78, 5) is 30.1. The highest BCUT2D eigenvalue weighted by atomic mass is 31.2. The fourth-order valence-electron chi connectivity index (χ4n) is 4.58. The summed E-state index contributed by atoms with van der Waals surface area (Å²) >= 11 is 0. The highest BCUT2D eigenvalue weighted by Gasteiger charge is 2.46. The Balaban J connectivity index is 1.53. The molecule has 48 heavy (non-hydrogen) atoms. The predicted molar refractivity (Wildman–Crippen MR) is 172 cm³/mol. The Kier molecular flexibility index (Phi) is 12.8. The standard InChI is InChI=1S/C32H41N4O11P/c1-20(2)14-15-43-26(37)16-24(32(41)44-17-22-10-6-4-7-11-22)35-48(42,47-23-12-8-5-9-13-23)45-18-25-28(38)29(39)31(46-25)36-19-34-27(21(3)33)30(36)40/h4-13,19-20,24-25,28-29,31,38-40H,3,14-18,33H2,1-2H3,(H,35,42)/t24-,25+,28+,29+,31+,48?/m0/s1. The Hall–Kier alpha value is -4.24. The SMILES string of the molecule is C=C(N)c1ncn([C@@H]2O[C@H](COP(=O)(N[C@@H](CC(=O)OCCC(C)C)C(=O)OCc3ccccc3)Oc3ccccc3)[C@@H](O)[C@H]2O)c1O. The number of esters is 2. The molecule has 1 unspecified atom stereocenters. The van der Waals surface area contributed by atoms with Crippen LogP contribution >= 0.6 is 7.75 Å². The Labute approximate surface area is 277 Å². The molecule has 0 bridgehead atoms. The second-order valence-corrected chi connectivity index (χ2v) is 13.2. The van der Waals surface area contributed by atoms with Crippen molar-refractivity contribution in [1.29, 1.82) is 0 Å². The molecule has 0 aliphatic carbocycles. The molecule has 4 rings (SSSR count). The van der Waals surface area contributed by atoms with E-state index in [2.05, 4.69) is 16.7 Å². The van der Waals surface area contributed by atoms with Crippen molar-refractivity contribution in [2.45, 2.75) is 63.9 Å². The molecule has 3 aromatic rings. The van der Waals surface area contributed by atoms with Gasteiger partial charge in [-0.1, -0.05) is 69.0 Å². The summed E-state index contributed by atoms with van der Waals surface area (Å²) < 4.78 is 43.2. The van der Waals surface area contributed by atoms with Gasteiger partial charge in [0.25, 0.3) is 0 Å². The van der Waals surface area contributed by atoms with E-state index in [-0.39, 0.29) is 36.3 Å². The molecule has 0 amide bonds. The maximum Gasteiger partial charge on any atom is 0.459 e. The van der Waals surface area contributed by atoms with Gasteiger partial charge in [0.2, 0.25) is 5.88 Å². The van der Waals surface area contributed by atoms with Crippen LogP contribution in [0, 0.1) is 5.92 Å². The van der Waals surface area contributed by atoms with E-state index >= 15 is 0 Å². The Bertz CT molecular complexity index is 1570. The molecular weight excluding hydrogens is 647 g/mol. The smallest absolute Gasteiger partial charge is 0.459 e. The van der Waals surface area contributed by atoms with Gasteiger partial charge in [-0.15, -0.1) is 0 Å². The zero-order valence-corrected chi connectivity index (χ0v) is 27.5. The molecule has 6 atom stereocenters. The van der Waals surface area contributed by atoms with E-state index in [4.69, 9.17) is 29.0 Å². The van der Waals surface area contributed by atoms with E-state index in [0.29, 0.717) is 12.0 Å². The number of carbonyl (C=O) groups is 2. The summed E-state index contributed by atoms with van der Waals surface area (Å²) in [6.07, 6.45) is -4.65. The minimum Gasteiger partial charge on any atom is -0.493 e. The monoisotopic (exact) mass is 688 g/mol. The van der Waals surface area contributed by atoms with Gasteiger partial charge in [-0.3, -0.25) is 18.7 Å². The number of nitrogens with one attached hydrogen (secondary N) is 1. The Morgan fingerprint density at radius 2 is 1.75 bits per heavy atom. The van der Waals surface area contributed by atoms with Gasteiger partial charge in [0, 0.05) is 0 Å². The molecule has 0 spiro atoms. The maximum absolute atomic E-state index is 14.3. The minimum absolute atomic E-state index is 0.0371. The third-order valence-electron chi connectivity index (χ3n) is 7.21. The Morgan fingerprint density at radius 1 is 1.08 bits per heavy atom. The van der Waals surface area contributed by atoms with E-state index in [0.717, 1.165) is 10.9 Å². The van der Waals surface area contributed by atoms with Crippen LogP contribution in [0.1, 0.15) is 44.2 Å². The topological polar surface area (TPSA) is 214 Å². The average Bonchev–Trinajstić information content (AvgIpc) is 3.57. The third kappa shape index (κ3) is 9.89. The number of aliphatic hydroxyl groups excluding tert-OH is 2. The summed E-state index contributed by atoms with van der Waals surface area (Å²) in [5.41, 5.74) is 6.23. The zero-order chi connectivity index (χ0) is 34.8. The summed E-state index contributed by atoms with van der Waals surface area (Å²) in [6.45, 7) is 6.80. The van der Waals surface area contributed by atoms with Crippen molar-refractivity contribution in [3.8, 4) is 11.6 Å². The highest BCUT2D eigenvalue weighted by molar-refractivity contribution is 7.52. The minimum atomic E-state index is -4.58. The molecule has 1 aliphatic rings. The molecule has 1 aliphatic heterocycles. The number of nitrogens with two attached hydrogens (primary N) is 1. The molecule has 1 aromatic heterocycles. The van der Waals surface area contributed by atoms with Gasteiger partial charge in [-0.05, 0) is 30.0 Å². The molecule has 1 saturated heterocycles. The van der Waals surface area contributed by atoms with Gasteiger partial charge in [0.05, 0.1) is 25.3 Å². The van der Waals surface area contributed by atoms with Crippen molar-refractivity contribution in [2.75, 3.05) is 13.2 Å². The highest BCUT2D eigenvalue weighted by Crippen LogP contribution is 2.46. The summed E-state index contributed by atoms with van der Waals surface area (Å²) in [5.74, 6) is -1.79. The summed E-state index contributed by atoms with van der Waals surface area (Å²) in [7, 11) is -4.58. The lowest BCUT2D eigenvalue weighted by Crippen LogP contribution is -2.40. The molecule has 6 N–H and O–H groups in total. The first-order valence-corrected chi connectivity index (χ1v) is 16.8. The Morgan fingerprint density at radius 3 is 2.38 bits per heavy atom. The first-order valence-electron chi connectivity index (χ1n) is 15.2. The number of para-hydroxylation sites is 1. The number of benzene rings is 2. The van der Waals surface area contributed by atoms with E-state index in [1.165, 1.54) is 12.1 Å². The molecule has 1 fully saturated rings. The van der Waals surface area contributed by atoms with E-state index in [9.17, 15) is 29.5 Å². The van der Waals surface area contributed by atoms with Crippen LogP contribution in [0.25, 0.3) is 5.70 Å². The van der Waals surface area contributed by atoms with Gasteiger partial charge >= 0.3 is 19.7 Å². The summed E-state index contributed by atoms with van der Waals surface area (Å²) in [6, 6.07) is 15.2. The number of nitrogens with zero attached hydrogens (tertiary/aromatic N) is 2. The van der Waals surface area contributed by atoms with Crippen LogP contribution in [-0.4, -0.2) is 74.4 Å². The largest absolute Gasteiger partial charge is 0.493 e. The van der Waals surface area contributed by atoms with Crippen LogP contribution in [0.3, 0.4) is 0 Å². The molecule has 0 radical (unpaired) electrons. The second-order valence-electron chi connectivity index (χ2n) is 11.5. The van der Waals surface area contributed by atoms with Crippen molar-refractivity contribution in [3.63, 3.8) is 0 Å². The van der Waals surface area contributed by atoms with Crippen LogP contribution in [0.2, 0.25) is 0 Å². The number of hydrogen-bond donors (Lipinski definition) is 5. The van der Waals surface area contributed by atoms with Gasteiger partial charge in [0.1, 0.15) is 48.7 Å². The van der Waals surface area contributed by atoms with Crippen molar-refractivity contribution in [2.24, 2.45) is 11.7 Å². The number of aromatic nitrogens is 2. The van der Waals surface area contributed by atoms with Crippen molar-refractivity contribution < 1.29 is 52.7 Å². The van der Waals surface area contributed by atoms with E-state index < -0.39 is 69.2 Å². The van der Waals surface area contributed by atoms with Crippen LogP contribution < -0.4 is 15.3 Å². The van der Waals surface area contributed by atoms with Gasteiger partial charge in [-0.2, -0.15) is 5.09 Å². The number of aromatic hydroxyl groups is 1. The van der Waals surface area contributed by atoms with Crippen LogP contribution in [-0.2, 0) is 39.5 Å². The van der Waals surface area contributed by atoms with E-state index in [1.807, 2.05) is 13.8 Å². The number of hydrogen-bond acceptors (Lipinski definition) is 13. The van der Waals surface area contributed by atoms with Crippen LogP contribution in [0.5, 0.6) is 11.6 Å². The molecule has 2 heterocycles. The van der Waals surface area contributed by atoms with Crippen LogP contribution in [0.15, 0.2) is 73.6 Å². The lowest BCUT2D eigenvalue weighted by atomic mass is 10.1. The van der Waals surface area contributed by atoms with Gasteiger partial charge in [-0.25, -0.2) is 9.55 Å². The first-order chi connectivity index (χ1) is 22.9. The van der Waals surface area contributed by atoms with Crippen LogP contribution in [0.4, 0.5) is 0 Å². The summed E-state index contributed by atoms with van der Waals surface area (Å²) in [5, 5.41) is 34.5. The zero-order valence-electron chi connectivity index (χ0n) is 26.6. The number of aliphatic hydroxyl groups is 2. The fourth-order valence-corrected chi connectivity index (χ4v) is 6.08. The molecule has 2 aromatic carbocycles. The molecule has 0 saturated carbocycles. The molecule has 260 valence electrons. The fraction of sp³-hybridized carbons (Fsp3) is 0.406. The van der Waals surface area contributed by atoms with Gasteiger partial charge in [0.15, 0.2) is 6.23 Å². The average molecular weight is 689 g/mol. The van der Waals surface area contributed by atoms with Gasteiger partial charge < -0.3 is 39.8 Å². The second kappa shape index (κ2) is 16.7.